The van der Waals surface area contributed by atoms with Gasteiger partial charge in [0, 0.05) is 17.5 Å². The first kappa shape index (κ1) is 14.2. The van der Waals surface area contributed by atoms with E-state index in [-0.39, 0.29) is 24.8 Å². The van der Waals surface area contributed by atoms with E-state index in [1.165, 1.54) is 18.4 Å². The van der Waals surface area contributed by atoms with Crippen molar-refractivity contribution >= 4 is 23.2 Å². The van der Waals surface area contributed by atoms with Gasteiger partial charge in [-0.1, -0.05) is 30.3 Å². The van der Waals surface area contributed by atoms with Crippen LogP contribution in [0.4, 0.5) is 0 Å². The summed E-state index contributed by atoms with van der Waals surface area (Å²) in [4.78, 5) is 27.1. The largest absolute Gasteiger partial charge is 0.469 e. The number of ether oxygens (including phenoxy) is 1. The van der Waals surface area contributed by atoms with Crippen LogP contribution < -0.4 is 5.32 Å². The van der Waals surface area contributed by atoms with Gasteiger partial charge in [0.15, 0.2) is 0 Å². The first-order chi connectivity index (χ1) is 9.70. The number of benzene rings is 1. The quantitative estimate of drug-likeness (QED) is 0.856. The van der Waals surface area contributed by atoms with Gasteiger partial charge in [0.1, 0.15) is 10.7 Å². The smallest absolute Gasteiger partial charge is 0.307 e. The predicted molar refractivity (Wildman–Crippen MR) is 76.5 cm³/mol. The fraction of sp³-hybridized carbons (Fsp3) is 0.214. The Morgan fingerprint density at radius 2 is 2.05 bits per heavy atom. The summed E-state index contributed by atoms with van der Waals surface area (Å²) in [6.45, 7) is 0.240. The van der Waals surface area contributed by atoms with E-state index in [4.69, 9.17) is 0 Å². The van der Waals surface area contributed by atoms with E-state index in [1.54, 1.807) is 5.38 Å². The Morgan fingerprint density at radius 1 is 1.30 bits per heavy atom. The molecule has 0 saturated heterocycles. The maximum atomic E-state index is 11.8. The van der Waals surface area contributed by atoms with Crippen molar-refractivity contribution in [3.05, 3.63) is 41.4 Å². The van der Waals surface area contributed by atoms with Gasteiger partial charge in [0.25, 0.3) is 5.91 Å². The summed E-state index contributed by atoms with van der Waals surface area (Å²) in [7, 11) is 1.32. The van der Waals surface area contributed by atoms with E-state index in [0.717, 1.165) is 10.6 Å². The number of nitrogens with zero attached hydrogens (tertiary/aromatic N) is 1. The summed E-state index contributed by atoms with van der Waals surface area (Å²) < 4.78 is 4.50. The average Bonchev–Trinajstić information content (AvgIpc) is 2.97. The third kappa shape index (κ3) is 3.64. The number of rotatable bonds is 5. The zero-order chi connectivity index (χ0) is 14.4. The first-order valence-corrected chi connectivity index (χ1v) is 6.94. The Hall–Kier alpha value is -2.21. The molecule has 20 heavy (non-hydrogen) atoms. The van der Waals surface area contributed by atoms with Crippen LogP contribution in [0.5, 0.6) is 0 Å². The number of nitrogens with one attached hydrogen (secondary N) is 1. The molecule has 104 valence electrons. The van der Waals surface area contributed by atoms with E-state index < -0.39 is 0 Å². The third-order valence-corrected chi connectivity index (χ3v) is 3.49. The predicted octanol–water partition coefficient (Wildman–Crippen LogP) is 2.10. The number of hydrogen-bond acceptors (Lipinski definition) is 5. The van der Waals surface area contributed by atoms with Crippen molar-refractivity contribution in [2.45, 2.75) is 6.42 Å². The number of aromatic nitrogens is 1. The maximum Gasteiger partial charge on any atom is 0.307 e. The first-order valence-electron chi connectivity index (χ1n) is 6.06. The number of esters is 1. The molecule has 0 atom stereocenters. The highest BCUT2D eigenvalue weighted by Gasteiger charge is 2.11. The second-order valence-electron chi connectivity index (χ2n) is 3.99. The summed E-state index contributed by atoms with van der Waals surface area (Å²) in [5, 5.41) is 5.13. The molecule has 1 N–H and O–H groups in total. The van der Waals surface area contributed by atoms with Gasteiger partial charge in [-0.2, -0.15) is 0 Å². The van der Waals surface area contributed by atoms with Crippen LogP contribution in [0.25, 0.3) is 10.6 Å². The molecule has 0 aliphatic rings. The molecule has 0 bridgehead atoms. The number of thiazole rings is 1. The fourth-order valence-electron chi connectivity index (χ4n) is 1.56. The van der Waals surface area contributed by atoms with Crippen LogP contribution in [-0.4, -0.2) is 30.5 Å². The molecule has 0 aliphatic heterocycles. The molecular formula is C14H14N2O3S. The van der Waals surface area contributed by atoms with Gasteiger partial charge in [-0.15, -0.1) is 11.3 Å². The summed E-state index contributed by atoms with van der Waals surface area (Å²) in [6, 6.07) is 9.66. The molecular weight excluding hydrogens is 276 g/mol. The van der Waals surface area contributed by atoms with E-state index >= 15 is 0 Å². The van der Waals surface area contributed by atoms with E-state index in [2.05, 4.69) is 15.0 Å². The van der Waals surface area contributed by atoms with Crippen LogP contribution in [-0.2, 0) is 9.53 Å². The summed E-state index contributed by atoms with van der Waals surface area (Å²) >= 11 is 1.41. The number of carbonyl (C=O) groups excluding carboxylic acids is 2. The zero-order valence-corrected chi connectivity index (χ0v) is 11.8. The van der Waals surface area contributed by atoms with Gasteiger partial charge in [-0.25, -0.2) is 4.98 Å². The summed E-state index contributed by atoms with van der Waals surface area (Å²) in [5.41, 5.74) is 1.34. The van der Waals surface area contributed by atoms with Crippen molar-refractivity contribution in [2.24, 2.45) is 0 Å². The molecule has 1 aromatic carbocycles. The molecule has 2 aromatic rings. The van der Waals surface area contributed by atoms with Crippen LogP contribution in [0, 0.1) is 0 Å². The fourth-order valence-corrected chi connectivity index (χ4v) is 2.37. The summed E-state index contributed by atoms with van der Waals surface area (Å²) in [6.07, 6.45) is 0.151. The van der Waals surface area contributed by atoms with Crippen molar-refractivity contribution in [2.75, 3.05) is 13.7 Å². The molecule has 0 saturated carbocycles. The molecule has 0 fully saturated rings. The van der Waals surface area contributed by atoms with Crippen molar-refractivity contribution in [3.63, 3.8) is 0 Å². The highest BCUT2D eigenvalue weighted by atomic mass is 32.1. The Kier molecular flexibility index (Phi) is 4.84. The van der Waals surface area contributed by atoms with Crippen LogP contribution >= 0.6 is 11.3 Å². The maximum absolute atomic E-state index is 11.8. The minimum absolute atomic E-state index is 0.151. The standard InChI is InChI=1S/C14H14N2O3S/c1-19-12(17)7-8-15-13(18)11-9-20-14(16-11)10-5-3-2-4-6-10/h2-6,9H,7-8H2,1H3,(H,15,18). The van der Waals surface area contributed by atoms with Crippen LogP contribution in [0.2, 0.25) is 0 Å². The molecule has 6 heteroatoms. The van der Waals surface area contributed by atoms with Gasteiger partial charge in [-0.3, -0.25) is 9.59 Å². The molecule has 1 heterocycles. The Bertz CT molecular complexity index is 595. The van der Waals surface area contributed by atoms with Gasteiger partial charge in [-0.05, 0) is 0 Å². The van der Waals surface area contributed by atoms with Gasteiger partial charge in [0.05, 0.1) is 13.5 Å². The lowest BCUT2D eigenvalue weighted by Gasteiger charge is -2.01. The molecule has 2 rings (SSSR count). The molecule has 0 aliphatic carbocycles. The highest BCUT2D eigenvalue weighted by molar-refractivity contribution is 7.13. The molecule has 0 radical (unpaired) electrons. The lowest BCUT2D eigenvalue weighted by atomic mass is 10.2. The minimum Gasteiger partial charge on any atom is -0.469 e. The van der Waals surface area contributed by atoms with Crippen molar-refractivity contribution in [3.8, 4) is 10.6 Å². The molecule has 5 nitrogen and oxygen atoms in total. The van der Waals surface area contributed by atoms with Crippen molar-refractivity contribution in [1.82, 2.24) is 10.3 Å². The molecule has 0 unspecified atom stereocenters. The van der Waals surface area contributed by atoms with Crippen LogP contribution in [0.15, 0.2) is 35.7 Å². The summed E-state index contributed by atoms with van der Waals surface area (Å²) in [5.74, 6) is -0.638. The second kappa shape index (κ2) is 6.81. The number of methoxy groups -OCH3 is 1. The molecule has 0 spiro atoms. The lowest BCUT2D eigenvalue weighted by Crippen LogP contribution is -2.26. The highest BCUT2D eigenvalue weighted by Crippen LogP contribution is 2.23. The van der Waals surface area contributed by atoms with Crippen LogP contribution in [0.1, 0.15) is 16.9 Å². The van der Waals surface area contributed by atoms with Gasteiger partial charge >= 0.3 is 5.97 Å². The van der Waals surface area contributed by atoms with Crippen LogP contribution in [0.3, 0.4) is 0 Å². The zero-order valence-electron chi connectivity index (χ0n) is 11.0. The average molecular weight is 290 g/mol. The number of carbonyl (C=O) groups is 2. The van der Waals surface area contributed by atoms with Gasteiger partial charge < -0.3 is 10.1 Å². The number of hydrogen-bond donors (Lipinski definition) is 1. The Labute approximate surface area is 120 Å². The monoisotopic (exact) mass is 290 g/mol. The van der Waals surface area contributed by atoms with E-state index in [9.17, 15) is 9.59 Å². The third-order valence-electron chi connectivity index (χ3n) is 2.60. The van der Waals surface area contributed by atoms with E-state index in [1.807, 2.05) is 30.3 Å². The Balaban J connectivity index is 1.95. The molecule has 1 amide bonds. The molecule has 1 aromatic heterocycles. The lowest BCUT2D eigenvalue weighted by molar-refractivity contribution is -0.140. The second-order valence-corrected chi connectivity index (χ2v) is 4.84. The minimum atomic E-state index is -0.353. The van der Waals surface area contributed by atoms with Crippen molar-refractivity contribution in [1.29, 1.82) is 0 Å². The number of amides is 1. The van der Waals surface area contributed by atoms with Crippen molar-refractivity contribution < 1.29 is 14.3 Å². The van der Waals surface area contributed by atoms with E-state index in [0.29, 0.717) is 5.69 Å². The Morgan fingerprint density at radius 3 is 2.75 bits per heavy atom. The SMILES string of the molecule is COC(=O)CCNC(=O)c1csc(-c2ccccc2)n1. The normalized spacial score (nSPS) is 10.1. The topological polar surface area (TPSA) is 68.3 Å². The van der Waals surface area contributed by atoms with Gasteiger partial charge in [0.2, 0.25) is 0 Å².